The minimum atomic E-state index is -3.71. The molecule has 1 heterocycles. The van der Waals surface area contributed by atoms with Gasteiger partial charge in [-0.3, -0.25) is 9.71 Å². The van der Waals surface area contributed by atoms with Crippen molar-refractivity contribution < 1.29 is 13.2 Å². The molecular formula is C12H12BrN3O3S. The van der Waals surface area contributed by atoms with Crippen molar-refractivity contribution in [2.24, 2.45) is 0 Å². The lowest BCUT2D eigenvalue weighted by Crippen LogP contribution is -2.13. The van der Waals surface area contributed by atoms with Gasteiger partial charge in [0.25, 0.3) is 10.0 Å². The van der Waals surface area contributed by atoms with Crippen molar-refractivity contribution in [3.63, 3.8) is 0 Å². The van der Waals surface area contributed by atoms with Gasteiger partial charge >= 0.3 is 0 Å². The van der Waals surface area contributed by atoms with Gasteiger partial charge in [0.2, 0.25) is 0 Å². The van der Waals surface area contributed by atoms with Crippen molar-refractivity contribution in [3.8, 4) is 5.75 Å². The molecule has 0 aliphatic rings. The van der Waals surface area contributed by atoms with E-state index in [0.717, 1.165) is 0 Å². The van der Waals surface area contributed by atoms with Crippen LogP contribution in [0.3, 0.4) is 0 Å². The minimum absolute atomic E-state index is 0.0580. The lowest BCUT2D eigenvalue weighted by atomic mass is 10.3. The number of aromatic nitrogens is 1. The van der Waals surface area contributed by atoms with Crippen LogP contribution in [0.5, 0.6) is 5.75 Å². The molecule has 0 unspecified atom stereocenters. The third-order valence-corrected chi connectivity index (χ3v) is 4.26. The molecule has 1 aromatic carbocycles. The molecule has 0 radical (unpaired) electrons. The summed E-state index contributed by atoms with van der Waals surface area (Å²) in [4.78, 5) is 3.89. The van der Waals surface area contributed by atoms with Crippen molar-refractivity contribution in [2.45, 2.75) is 4.90 Å². The predicted molar refractivity (Wildman–Crippen MR) is 80.2 cm³/mol. The Morgan fingerprint density at radius 1 is 1.30 bits per heavy atom. The van der Waals surface area contributed by atoms with Gasteiger partial charge in [-0.05, 0) is 34.1 Å². The van der Waals surface area contributed by atoms with Gasteiger partial charge in [0, 0.05) is 22.9 Å². The summed E-state index contributed by atoms with van der Waals surface area (Å²) in [5, 5.41) is 0. The van der Waals surface area contributed by atoms with Crippen LogP contribution in [-0.4, -0.2) is 20.5 Å². The number of ether oxygens (including phenoxy) is 1. The zero-order valence-corrected chi connectivity index (χ0v) is 12.9. The molecule has 0 amide bonds. The Labute approximate surface area is 125 Å². The average Bonchev–Trinajstić information content (AvgIpc) is 2.40. The van der Waals surface area contributed by atoms with Gasteiger partial charge in [-0.2, -0.15) is 0 Å². The van der Waals surface area contributed by atoms with E-state index in [-0.39, 0.29) is 4.90 Å². The zero-order chi connectivity index (χ0) is 14.8. The first-order valence-electron chi connectivity index (χ1n) is 5.49. The second kappa shape index (κ2) is 5.68. The van der Waals surface area contributed by atoms with Crippen molar-refractivity contribution in [3.05, 3.63) is 41.1 Å². The Morgan fingerprint density at radius 3 is 2.70 bits per heavy atom. The van der Waals surface area contributed by atoms with Crippen molar-refractivity contribution in [2.75, 3.05) is 17.6 Å². The molecule has 106 valence electrons. The number of methoxy groups -OCH3 is 1. The van der Waals surface area contributed by atoms with E-state index in [1.54, 1.807) is 12.1 Å². The molecule has 0 bridgehead atoms. The van der Waals surface area contributed by atoms with Gasteiger partial charge in [-0.1, -0.05) is 0 Å². The molecule has 0 fully saturated rings. The number of nitrogens with two attached hydrogens (primary N) is 1. The summed E-state index contributed by atoms with van der Waals surface area (Å²) in [5.74, 6) is 0.401. The van der Waals surface area contributed by atoms with E-state index in [0.29, 0.717) is 21.6 Å². The molecular weight excluding hydrogens is 346 g/mol. The van der Waals surface area contributed by atoms with Crippen LogP contribution >= 0.6 is 15.9 Å². The van der Waals surface area contributed by atoms with Gasteiger partial charge < -0.3 is 10.5 Å². The van der Waals surface area contributed by atoms with Crippen LogP contribution in [-0.2, 0) is 10.0 Å². The third kappa shape index (κ3) is 3.20. The van der Waals surface area contributed by atoms with Crippen LogP contribution in [0.25, 0.3) is 0 Å². The van der Waals surface area contributed by atoms with Crippen LogP contribution in [0.4, 0.5) is 11.4 Å². The van der Waals surface area contributed by atoms with Crippen molar-refractivity contribution >= 4 is 37.3 Å². The molecule has 0 atom stereocenters. The van der Waals surface area contributed by atoms with Crippen LogP contribution in [0.1, 0.15) is 0 Å². The highest BCUT2D eigenvalue weighted by atomic mass is 79.9. The van der Waals surface area contributed by atoms with E-state index in [1.165, 1.54) is 31.6 Å². The monoisotopic (exact) mass is 357 g/mol. The summed E-state index contributed by atoms with van der Waals surface area (Å²) in [6, 6.07) is 6.10. The molecule has 3 N–H and O–H groups in total. The van der Waals surface area contributed by atoms with E-state index in [2.05, 4.69) is 25.6 Å². The number of nitrogen functional groups attached to an aromatic ring is 1. The zero-order valence-electron chi connectivity index (χ0n) is 10.5. The second-order valence-corrected chi connectivity index (χ2v) is 6.50. The molecule has 2 rings (SSSR count). The highest BCUT2D eigenvalue weighted by Crippen LogP contribution is 2.26. The smallest absolute Gasteiger partial charge is 0.263 e. The van der Waals surface area contributed by atoms with Crippen LogP contribution in [0.2, 0.25) is 0 Å². The van der Waals surface area contributed by atoms with Crippen molar-refractivity contribution in [1.29, 1.82) is 0 Å². The van der Waals surface area contributed by atoms with Crippen molar-refractivity contribution in [1.82, 2.24) is 4.98 Å². The number of benzene rings is 1. The van der Waals surface area contributed by atoms with E-state index in [4.69, 9.17) is 10.5 Å². The summed E-state index contributed by atoms with van der Waals surface area (Å²) < 4.78 is 32.5. The fraction of sp³-hybridized carbons (Fsp3) is 0.0833. The number of hydrogen-bond donors (Lipinski definition) is 2. The van der Waals surface area contributed by atoms with Crippen LogP contribution in [0.15, 0.2) is 46.0 Å². The maximum Gasteiger partial charge on any atom is 0.263 e. The first kappa shape index (κ1) is 14.6. The summed E-state index contributed by atoms with van der Waals surface area (Å²) in [7, 11) is -2.25. The molecule has 0 saturated carbocycles. The van der Waals surface area contributed by atoms with E-state index in [9.17, 15) is 8.42 Å². The highest BCUT2D eigenvalue weighted by Gasteiger charge is 2.15. The van der Waals surface area contributed by atoms with E-state index < -0.39 is 10.0 Å². The normalized spacial score (nSPS) is 11.1. The second-order valence-electron chi connectivity index (χ2n) is 3.90. The molecule has 1 aromatic heterocycles. The Bertz CT molecular complexity index is 734. The van der Waals surface area contributed by atoms with Gasteiger partial charge in [0.15, 0.2) is 0 Å². The lowest BCUT2D eigenvalue weighted by molar-refractivity contribution is 0.417. The number of pyridine rings is 1. The van der Waals surface area contributed by atoms with Gasteiger partial charge in [0.05, 0.1) is 18.5 Å². The van der Waals surface area contributed by atoms with Crippen LogP contribution < -0.4 is 15.2 Å². The molecule has 8 heteroatoms. The lowest BCUT2D eigenvalue weighted by Gasteiger charge is -2.10. The fourth-order valence-electron chi connectivity index (χ4n) is 1.53. The summed E-state index contributed by atoms with van der Waals surface area (Å²) in [6.45, 7) is 0. The predicted octanol–water partition coefficient (Wildman–Crippen LogP) is 2.24. The number of halogens is 1. The number of hydrogen-bond acceptors (Lipinski definition) is 5. The Hall–Kier alpha value is -1.80. The first-order chi connectivity index (χ1) is 9.42. The number of nitrogens with one attached hydrogen (secondary N) is 1. The molecule has 0 aliphatic heterocycles. The molecule has 0 spiro atoms. The Balaban J connectivity index is 2.33. The molecule has 0 saturated heterocycles. The maximum atomic E-state index is 12.2. The Morgan fingerprint density at radius 2 is 2.05 bits per heavy atom. The highest BCUT2D eigenvalue weighted by molar-refractivity contribution is 9.10. The largest absolute Gasteiger partial charge is 0.495 e. The first-order valence-corrected chi connectivity index (χ1v) is 7.77. The SMILES string of the molecule is COc1cc(NS(=O)(=O)c2cncc(Br)c2)ccc1N. The molecule has 2 aromatic rings. The summed E-state index contributed by atoms with van der Waals surface area (Å²) >= 11 is 3.18. The maximum absolute atomic E-state index is 12.2. The third-order valence-electron chi connectivity index (χ3n) is 2.48. The minimum Gasteiger partial charge on any atom is -0.495 e. The number of nitrogens with zero attached hydrogens (tertiary/aromatic N) is 1. The number of sulfonamides is 1. The average molecular weight is 358 g/mol. The fourth-order valence-corrected chi connectivity index (χ4v) is 3.08. The topological polar surface area (TPSA) is 94.3 Å². The number of anilines is 2. The number of rotatable bonds is 4. The summed E-state index contributed by atoms with van der Waals surface area (Å²) in [6.07, 6.45) is 2.77. The van der Waals surface area contributed by atoms with Gasteiger partial charge in [-0.25, -0.2) is 8.42 Å². The molecule has 20 heavy (non-hydrogen) atoms. The quantitative estimate of drug-likeness (QED) is 0.818. The van der Waals surface area contributed by atoms with Crippen LogP contribution in [0, 0.1) is 0 Å². The van der Waals surface area contributed by atoms with E-state index in [1.807, 2.05) is 0 Å². The van der Waals surface area contributed by atoms with Gasteiger partial charge in [0.1, 0.15) is 10.6 Å². The Kier molecular flexibility index (Phi) is 4.15. The molecule has 6 nitrogen and oxygen atoms in total. The summed E-state index contributed by atoms with van der Waals surface area (Å²) in [5.41, 5.74) is 6.46. The standard InChI is InChI=1S/C12H12BrN3O3S/c1-19-12-5-9(2-3-11(12)14)16-20(17,18)10-4-8(13)6-15-7-10/h2-7,16H,14H2,1H3. The van der Waals surface area contributed by atoms with Gasteiger partial charge in [-0.15, -0.1) is 0 Å². The van der Waals surface area contributed by atoms with E-state index >= 15 is 0 Å². The molecule has 0 aliphatic carbocycles.